The lowest BCUT2D eigenvalue weighted by molar-refractivity contribution is -0.424. The molecule has 7 heteroatoms. The highest BCUT2D eigenvalue weighted by Crippen LogP contribution is 2.14. The fourth-order valence-corrected chi connectivity index (χ4v) is 2.00. The van der Waals surface area contributed by atoms with Gasteiger partial charge in [-0.2, -0.15) is 0 Å². The summed E-state index contributed by atoms with van der Waals surface area (Å²) in [5, 5.41) is 12.3. The average Bonchev–Trinajstić information content (AvgIpc) is 2.85. The van der Waals surface area contributed by atoms with Gasteiger partial charge in [-0.1, -0.05) is 0 Å². The van der Waals surface area contributed by atoms with Gasteiger partial charge in [-0.3, -0.25) is 10.1 Å². The van der Waals surface area contributed by atoms with Crippen LogP contribution in [0.1, 0.15) is 25.7 Å². The first-order valence-electron chi connectivity index (χ1n) is 6.34. The molecule has 2 rings (SSSR count). The second-order valence-corrected chi connectivity index (χ2v) is 4.43. The Labute approximate surface area is 106 Å². The fraction of sp³-hybridized carbons (Fsp3) is 0.818. The predicted octanol–water partition coefficient (Wildman–Crippen LogP) is 0.858. The van der Waals surface area contributed by atoms with Crippen molar-refractivity contribution >= 4 is 0 Å². The number of hydrazine groups is 1. The third-order valence-corrected chi connectivity index (χ3v) is 2.99. The van der Waals surface area contributed by atoms with Crippen LogP contribution in [-0.4, -0.2) is 42.5 Å². The Morgan fingerprint density at radius 3 is 3.17 bits per heavy atom. The highest BCUT2D eigenvalue weighted by Gasteiger charge is 2.20. The van der Waals surface area contributed by atoms with Crippen molar-refractivity contribution in [1.29, 1.82) is 0 Å². The van der Waals surface area contributed by atoms with Crippen LogP contribution in [0, 0.1) is 10.1 Å². The highest BCUT2D eigenvalue weighted by atomic mass is 16.7. The average molecular weight is 257 g/mol. The molecular weight excluding hydrogens is 238 g/mol. The first-order chi connectivity index (χ1) is 8.75. The van der Waals surface area contributed by atoms with Crippen LogP contribution in [0.25, 0.3) is 0 Å². The van der Waals surface area contributed by atoms with Crippen LogP contribution in [0.4, 0.5) is 0 Å². The lowest BCUT2D eigenvalue weighted by Gasteiger charge is -2.23. The zero-order valence-electron chi connectivity index (χ0n) is 10.3. The first kappa shape index (κ1) is 13.3. The number of nitrogens with zero attached hydrogens (tertiary/aromatic N) is 2. The number of ether oxygens (including phenoxy) is 2. The summed E-state index contributed by atoms with van der Waals surface area (Å²) in [5.41, 5.74) is 3.14. The standard InChI is InChI=1S/C11H19N3O4/c15-14(16)10-8-12-13(9-10)5-3-7-18-11-4-1-2-6-17-11/h9,11-12H,1-8H2. The molecule has 2 aliphatic rings. The van der Waals surface area contributed by atoms with Crippen LogP contribution >= 0.6 is 0 Å². The Hall–Kier alpha value is -1.18. The molecule has 0 saturated carbocycles. The van der Waals surface area contributed by atoms with Crippen LogP contribution in [0.2, 0.25) is 0 Å². The van der Waals surface area contributed by atoms with Crippen molar-refractivity contribution in [2.45, 2.75) is 32.0 Å². The molecule has 1 saturated heterocycles. The molecule has 0 aromatic rings. The lowest BCUT2D eigenvalue weighted by atomic mass is 10.2. The van der Waals surface area contributed by atoms with E-state index in [2.05, 4.69) is 5.43 Å². The van der Waals surface area contributed by atoms with Crippen molar-refractivity contribution in [2.24, 2.45) is 0 Å². The van der Waals surface area contributed by atoms with Gasteiger partial charge in [0.2, 0.25) is 0 Å². The minimum absolute atomic E-state index is 0.0600. The third kappa shape index (κ3) is 3.94. The molecule has 0 radical (unpaired) electrons. The second kappa shape index (κ2) is 6.67. The molecule has 1 unspecified atom stereocenters. The largest absolute Gasteiger partial charge is 0.353 e. The summed E-state index contributed by atoms with van der Waals surface area (Å²) in [7, 11) is 0. The molecule has 0 aliphatic carbocycles. The summed E-state index contributed by atoms with van der Waals surface area (Å²) in [6.45, 7) is 2.39. The van der Waals surface area contributed by atoms with Crippen molar-refractivity contribution in [3.63, 3.8) is 0 Å². The Bertz CT molecular complexity index is 315. The Morgan fingerprint density at radius 2 is 2.50 bits per heavy atom. The number of nitro groups is 1. The van der Waals surface area contributed by atoms with Crippen LogP contribution in [0.15, 0.2) is 11.9 Å². The maximum absolute atomic E-state index is 10.5. The number of hydrogen-bond acceptors (Lipinski definition) is 6. The van der Waals surface area contributed by atoms with Crippen molar-refractivity contribution in [3.8, 4) is 0 Å². The maximum atomic E-state index is 10.5. The van der Waals surface area contributed by atoms with E-state index >= 15 is 0 Å². The van der Waals surface area contributed by atoms with Crippen molar-refractivity contribution in [1.82, 2.24) is 10.4 Å². The van der Waals surface area contributed by atoms with E-state index in [1.54, 1.807) is 5.01 Å². The van der Waals surface area contributed by atoms with Gasteiger partial charge in [0.05, 0.1) is 17.7 Å². The first-order valence-corrected chi connectivity index (χ1v) is 6.34. The van der Waals surface area contributed by atoms with E-state index in [1.165, 1.54) is 6.20 Å². The topological polar surface area (TPSA) is 76.9 Å². The number of nitrogens with one attached hydrogen (secondary N) is 1. The monoisotopic (exact) mass is 257 g/mol. The molecule has 2 heterocycles. The minimum Gasteiger partial charge on any atom is -0.353 e. The quantitative estimate of drug-likeness (QED) is 0.432. The van der Waals surface area contributed by atoms with Gasteiger partial charge < -0.3 is 14.5 Å². The van der Waals surface area contributed by atoms with E-state index in [-0.39, 0.29) is 16.9 Å². The van der Waals surface area contributed by atoms with Crippen molar-refractivity contribution in [2.75, 3.05) is 26.3 Å². The van der Waals surface area contributed by atoms with Crippen LogP contribution < -0.4 is 5.43 Å². The van der Waals surface area contributed by atoms with E-state index < -0.39 is 0 Å². The molecular formula is C11H19N3O4. The molecule has 0 spiro atoms. The van der Waals surface area contributed by atoms with Gasteiger partial charge in [-0.05, 0) is 25.7 Å². The molecule has 0 amide bonds. The van der Waals surface area contributed by atoms with Crippen LogP contribution in [-0.2, 0) is 9.47 Å². The lowest BCUT2D eigenvalue weighted by Crippen LogP contribution is -2.31. The Kier molecular flexibility index (Phi) is 4.91. The van der Waals surface area contributed by atoms with Gasteiger partial charge in [0.1, 0.15) is 6.54 Å². The molecule has 2 aliphatic heterocycles. The summed E-state index contributed by atoms with van der Waals surface area (Å²) in [6, 6.07) is 0. The summed E-state index contributed by atoms with van der Waals surface area (Å²) in [5.74, 6) is 0. The second-order valence-electron chi connectivity index (χ2n) is 4.43. The molecule has 0 bridgehead atoms. The van der Waals surface area contributed by atoms with E-state index in [4.69, 9.17) is 9.47 Å². The van der Waals surface area contributed by atoms with Crippen molar-refractivity contribution < 1.29 is 14.4 Å². The fourth-order valence-electron chi connectivity index (χ4n) is 2.00. The van der Waals surface area contributed by atoms with E-state index in [1.807, 2.05) is 0 Å². The van der Waals surface area contributed by atoms with E-state index in [0.29, 0.717) is 19.7 Å². The van der Waals surface area contributed by atoms with Gasteiger partial charge in [-0.25, -0.2) is 5.43 Å². The van der Waals surface area contributed by atoms with Crippen molar-refractivity contribution in [3.05, 3.63) is 22.0 Å². The zero-order valence-corrected chi connectivity index (χ0v) is 10.3. The summed E-state index contributed by atoms with van der Waals surface area (Å²) in [6.07, 6.45) is 5.54. The Morgan fingerprint density at radius 1 is 1.61 bits per heavy atom. The summed E-state index contributed by atoms with van der Waals surface area (Å²) in [4.78, 5) is 10.2. The molecule has 1 atom stereocenters. The van der Waals surface area contributed by atoms with Gasteiger partial charge in [0.25, 0.3) is 5.70 Å². The predicted molar refractivity (Wildman–Crippen MR) is 63.9 cm³/mol. The van der Waals surface area contributed by atoms with Gasteiger partial charge in [0, 0.05) is 13.2 Å². The van der Waals surface area contributed by atoms with Crippen LogP contribution in [0.3, 0.4) is 0 Å². The zero-order chi connectivity index (χ0) is 12.8. The van der Waals surface area contributed by atoms with E-state index in [0.717, 1.165) is 32.3 Å². The van der Waals surface area contributed by atoms with Gasteiger partial charge >= 0.3 is 0 Å². The summed E-state index contributed by atoms with van der Waals surface area (Å²) >= 11 is 0. The highest BCUT2D eigenvalue weighted by molar-refractivity contribution is 4.98. The molecule has 1 N–H and O–H groups in total. The number of rotatable bonds is 6. The molecule has 7 nitrogen and oxygen atoms in total. The molecule has 0 aromatic carbocycles. The Balaban J connectivity index is 1.57. The molecule has 18 heavy (non-hydrogen) atoms. The van der Waals surface area contributed by atoms with Gasteiger partial charge in [-0.15, -0.1) is 0 Å². The maximum Gasteiger partial charge on any atom is 0.278 e. The van der Waals surface area contributed by atoms with Crippen LogP contribution in [0.5, 0.6) is 0 Å². The van der Waals surface area contributed by atoms with E-state index in [9.17, 15) is 10.1 Å². The normalized spacial score (nSPS) is 24.1. The minimum atomic E-state index is -0.362. The molecule has 0 aromatic heterocycles. The summed E-state index contributed by atoms with van der Waals surface area (Å²) < 4.78 is 11.0. The molecule has 1 fully saturated rings. The smallest absolute Gasteiger partial charge is 0.278 e. The molecule has 102 valence electrons. The van der Waals surface area contributed by atoms with Gasteiger partial charge in [0.15, 0.2) is 6.29 Å². The number of hydrogen-bond donors (Lipinski definition) is 1. The SMILES string of the molecule is O=[N+]([O-])C1=CN(CCCOC2CCCCO2)NC1. The third-order valence-electron chi connectivity index (χ3n) is 2.99.